The van der Waals surface area contributed by atoms with Crippen LogP contribution >= 0.6 is 95.1 Å². The summed E-state index contributed by atoms with van der Waals surface area (Å²) in [6, 6.07) is 94.3. The van der Waals surface area contributed by atoms with Gasteiger partial charge in [-0.05, 0) is 377 Å². The Hall–Kier alpha value is -2.72. The van der Waals surface area contributed by atoms with Crippen molar-refractivity contribution in [3.05, 3.63) is 276 Å². The van der Waals surface area contributed by atoms with Crippen LogP contribution in [-0.2, 0) is 22.3 Å². The van der Waals surface area contributed by atoms with Crippen molar-refractivity contribution in [1.82, 2.24) is 0 Å². The normalized spacial score (nSPS) is 37.3. The molecule has 14 heteroatoms. The van der Waals surface area contributed by atoms with E-state index >= 15 is 0 Å². The number of benzene rings is 10. The number of rotatable bonds is 14. The molecule has 8 saturated heterocycles. The largest absolute Gasteiger partial charge is 0.378 e. The third-order valence-electron chi connectivity index (χ3n) is 42.0. The van der Waals surface area contributed by atoms with Crippen LogP contribution in [0.15, 0.2) is 243 Å². The van der Waals surface area contributed by atoms with Gasteiger partial charge >= 0.3 is 0 Å². The Balaban J connectivity index is 0.0000000987. The summed E-state index contributed by atoms with van der Waals surface area (Å²) in [7, 11) is 3.24. The molecule has 2 nitrogen and oxygen atoms in total. The summed E-state index contributed by atoms with van der Waals surface area (Å²) in [5, 5.41) is 24.4. The van der Waals surface area contributed by atoms with E-state index in [2.05, 4.69) is 347 Å². The van der Waals surface area contributed by atoms with E-state index in [0.717, 1.165) is 145 Å². The van der Waals surface area contributed by atoms with Gasteiger partial charge in [-0.15, -0.1) is 0 Å². The summed E-state index contributed by atoms with van der Waals surface area (Å²) >= 11 is 0. The van der Waals surface area contributed by atoms with Crippen LogP contribution in [0.2, 0.25) is 0 Å². The van der Waals surface area contributed by atoms with E-state index in [1.807, 2.05) is 35.4 Å². The summed E-state index contributed by atoms with van der Waals surface area (Å²) in [4.78, 5) is 0. The molecule has 790 valence electrons. The maximum Gasteiger partial charge on any atom is 0.0878 e. The zero-order valence-corrected chi connectivity index (χ0v) is 104. The molecule has 0 spiro atoms. The molecule has 0 bridgehead atoms. The molecular weight excluding hydrogens is 2030 g/mol. The zero-order valence-electron chi connectivity index (χ0n) is 93.5. The second-order valence-corrected chi connectivity index (χ2v) is 82.0. The predicted molar refractivity (Wildman–Crippen MR) is 677 cm³/mol. The topological polar surface area (TPSA) is 18.5 Å². The fourth-order valence-electron chi connectivity index (χ4n) is 34.5. The van der Waals surface area contributed by atoms with Gasteiger partial charge < -0.3 is 9.47 Å². The second kappa shape index (κ2) is 47.9. The second-order valence-electron chi connectivity index (χ2n) is 49.8. The Morgan fingerprint density at radius 1 is 0.208 bits per heavy atom. The fraction of sp³-hybridized carbons (Fsp3) is 0.556. The van der Waals surface area contributed by atoms with Crippen molar-refractivity contribution in [2.24, 2.45) is 59.2 Å². The first-order chi connectivity index (χ1) is 72.7. The van der Waals surface area contributed by atoms with E-state index in [1.54, 1.807) is 170 Å². The molecule has 18 aliphatic rings. The standard InChI is InChI=1S/C26H36P2.C26H28P2.C25H38P2.C24H24P2.C18H28O2P2.C16H24P2/c1-2-12-26(28-23-15-5-9-19(23)20-10-6-16-24(20)28)25(11-1)27-21-13-3-7-17(21)18-8-4-14-22(18)27;1-17-21-11-5-6-12-22(21)18(2)27(17)25-15-9-10-16-26(25)28-19(3)23-13-7-8-14-24(23)20(28)4;1-17-21-11-5-4-10-20(21)16-26(17)24-14-8-9-15-25(24)27-18(2)22-12-6-7-13-23(22)19(27)3;1-17-15-19-9-3-5-11-21(19)25(17)23-13-7-8-14-24(23)26-18(2)16-20-10-4-6-12-22(20)26;1-13-9-21(10-14(13)2)17-7-5-6-8-18(17)22-11-15(19-3)16(12-22)20-4;1-11-9-10-12(2)17(11)15-7-5-6-8-16(15)18-13(3)14(18)4/h1-2,11-12,17-24H,3-10,13-16H2;5-20H,1-4H3;8-9,14-15,17-23H,4-7,10-13,16H2,1-3H3;3-14,17-18H,15-16H2,1-2H3;5-8,13-16H,9-12H2,1-4H3;5-8,11-14H,9-10H2,1-4H3/t17-,18-,19-,20-,21-,22-,23-,24-;17-,18-,19-,20-;17-,18-,19-,20-,21-,22-,23-,26?;17-,18-,25?,26?;13-,14-,15-,16-;11-,12-,13+,14+/m111111/s1. The molecule has 0 amide bonds. The third kappa shape index (κ3) is 21.1. The van der Waals surface area contributed by atoms with Crippen molar-refractivity contribution in [2.45, 2.75) is 366 Å². The molecular formula is C135H178O2P12. The Morgan fingerprint density at radius 3 is 0.852 bits per heavy atom. The Labute approximate surface area is 917 Å². The molecule has 32 atom stereocenters. The van der Waals surface area contributed by atoms with Crippen LogP contribution in [0.4, 0.5) is 0 Å². The van der Waals surface area contributed by atoms with Crippen LogP contribution in [0.5, 0.6) is 0 Å². The minimum atomic E-state index is -0.246. The zero-order chi connectivity index (χ0) is 102. The molecule has 14 fully saturated rings. The van der Waals surface area contributed by atoms with Crippen molar-refractivity contribution in [3.63, 3.8) is 0 Å². The molecule has 28 rings (SSSR count). The van der Waals surface area contributed by atoms with Crippen LogP contribution in [0.3, 0.4) is 0 Å². The summed E-state index contributed by atoms with van der Waals surface area (Å²) in [5.74, 6) is 10.4. The monoisotopic (exact) mass is 2200 g/mol. The van der Waals surface area contributed by atoms with Crippen molar-refractivity contribution < 1.29 is 9.47 Å². The predicted octanol–water partition coefficient (Wildman–Crippen LogP) is 32.8. The lowest BCUT2D eigenvalue weighted by Crippen LogP contribution is -2.30. The quantitative estimate of drug-likeness (QED) is 0.101. The Bertz CT molecular complexity index is 5880. The minimum Gasteiger partial charge on any atom is -0.378 e. The van der Waals surface area contributed by atoms with E-state index < -0.39 is 0 Å². The summed E-state index contributed by atoms with van der Waals surface area (Å²) in [6.45, 7) is 37.4. The molecule has 12 heterocycles. The molecule has 149 heavy (non-hydrogen) atoms. The van der Waals surface area contributed by atoms with Gasteiger partial charge in [0.25, 0.3) is 0 Å². The van der Waals surface area contributed by atoms with Gasteiger partial charge in [0.1, 0.15) is 0 Å². The average molecular weight is 2200 g/mol. The van der Waals surface area contributed by atoms with Crippen LogP contribution < -0.4 is 74.3 Å². The molecule has 10 aromatic rings. The number of hydrogen-bond acceptors (Lipinski definition) is 2. The van der Waals surface area contributed by atoms with Crippen LogP contribution in [0.25, 0.3) is 0 Å². The molecule has 3 unspecified atom stereocenters. The highest BCUT2D eigenvalue weighted by molar-refractivity contribution is 7.81. The van der Waals surface area contributed by atoms with Gasteiger partial charge in [-0.3, -0.25) is 0 Å². The SMILES string of the molecule is CO[C@@H]1CP(c2ccccc2P2C[C@@H](C)[C@H](C)C2)C[C@H]1OC.C[C@@H]1CC[C@@H](C)P1c1ccccc1P1[C@@H](C)[C@@H]1C.C[C@@H]1Cc2ccccc2P1c1ccccc1P1c2ccccc2C[C@H]1C.C[C@@H]1[C@H]2CCCC[C@@H]2CP1c1ccccc1P1[C@H](C)[C@H]2CCCC[C@@H]2[C@H]1C.C[C@@H]1c2ccccc2[C@@H](C)P1c1ccccc1P1[C@H](C)c2ccccc2[C@H]1C.c1ccc(P2[C@@H]3CCC[C@@H]3[C@H]3CCC[C@H]32)c(P2[C@@H]3CCC[C@@H]3[C@H]3CCC[C@H]32)c1. The molecule has 6 saturated carbocycles. The maximum absolute atomic E-state index is 5.66. The highest BCUT2D eigenvalue weighted by atomic mass is 31.1. The van der Waals surface area contributed by atoms with Gasteiger partial charge in [0.15, 0.2) is 0 Å². The first-order valence-corrected chi connectivity index (χ1v) is 78.1. The van der Waals surface area contributed by atoms with E-state index in [-0.39, 0.29) is 107 Å². The van der Waals surface area contributed by atoms with E-state index in [9.17, 15) is 0 Å². The van der Waals surface area contributed by atoms with Crippen LogP contribution in [0.1, 0.15) is 301 Å². The summed E-state index contributed by atoms with van der Waals surface area (Å²) in [6.07, 6.45) is 43.5. The molecule has 0 aromatic heterocycles. The van der Waals surface area contributed by atoms with Crippen molar-refractivity contribution in [2.75, 3.05) is 45.0 Å². The van der Waals surface area contributed by atoms with Crippen LogP contribution in [-0.4, -0.2) is 131 Å². The van der Waals surface area contributed by atoms with Gasteiger partial charge in [-0.1, -0.05) is 477 Å². The first-order valence-electron chi connectivity index (χ1n) is 59.9. The van der Waals surface area contributed by atoms with Gasteiger partial charge in [0.2, 0.25) is 0 Å². The Morgan fingerprint density at radius 2 is 0.490 bits per heavy atom. The average Bonchev–Trinajstić information content (AvgIpc) is 1.59. The van der Waals surface area contributed by atoms with Gasteiger partial charge in [0, 0.05) is 49.2 Å². The maximum atomic E-state index is 5.66. The lowest BCUT2D eigenvalue weighted by Gasteiger charge is -2.32. The minimum absolute atomic E-state index is 0.0259. The lowest BCUT2D eigenvalue weighted by molar-refractivity contribution is -0.00461. The molecule has 10 aromatic carbocycles. The number of fused-ring (bicyclic) bond motifs is 12. The highest BCUT2D eigenvalue weighted by Gasteiger charge is 2.59. The molecule has 12 aliphatic heterocycles. The number of ether oxygens (including phenoxy) is 2. The number of methoxy groups -OCH3 is 2. The number of hydrogen-bond donors (Lipinski definition) is 0. The van der Waals surface area contributed by atoms with Crippen LogP contribution in [0, 0.1) is 59.2 Å². The molecule has 6 aliphatic carbocycles. The molecule has 0 radical (unpaired) electrons. The van der Waals surface area contributed by atoms with Crippen molar-refractivity contribution in [3.8, 4) is 0 Å². The highest BCUT2D eigenvalue weighted by Crippen LogP contribution is 2.76. The van der Waals surface area contributed by atoms with E-state index in [4.69, 9.17) is 9.47 Å². The first kappa shape index (κ1) is 109. The van der Waals surface area contributed by atoms with Gasteiger partial charge in [-0.25, -0.2) is 0 Å². The van der Waals surface area contributed by atoms with E-state index in [0.29, 0.717) is 22.6 Å². The fourth-order valence-corrected chi connectivity index (χ4v) is 78.9. The summed E-state index contributed by atoms with van der Waals surface area (Å²) < 4.78 is 11.3. The smallest absolute Gasteiger partial charge is 0.0878 e. The lowest BCUT2D eigenvalue weighted by atomic mass is 9.77. The van der Waals surface area contributed by atoms with Gasteiger partial charge in [0.05, 0.1) is 12.2 Å². The van der Waals surface area contributed by atoms with Gasteiger partial charge in [-0.2, -0.15) is 0 Å². The van der Waals surface area contributed by atoms with Crippen molar-refractivity contribution >= 4 is 169 Å². The molecule has 0 N–H and O–H groups in total. The Kier molecular flexibility index (Phi) is 35.0. The summed E-state index contributed by atoms with van der Waals surface area (Å²) in [5.41, 5.74) is 24.7. The third-order valence-corrected chi connectivity index (χ3v) is 81.7. The van der Waals surface area contributed by atoms with E-state index in [1.165, 1.54) is 89.4 Å². The van der Waals surface area contributed by atoms with Crippen molar-refractivity contribution in [1.29, 1.82) is 0 Å².